The maximum absolute atomic E-state index is 9.83. The van der Waals surface area contributed by atoms with Crippen LogP contribution in [0.5, 0.6) is 5.75 Å². The number of anilines is 1. The lowest BCUT2D eigenvalue weighted by atomic mass is 9.80. The van der Waals surface area contributed by atoms with Crippen LogP contribution in [0, 0.1) is 0 Å². The number of phenols is 1. The van der Waals surface area contributed by atoms with Crippen molar-refractivity contribution in [1.82, 2.24) is 10.2 Å². The van der Waals surface area contributed by atoms with Crippen molar-refractivity contribution in [2.24, 2.45) is 0 Å². The molecule has 92 valence electrons. The van der Waals surface area contributed by atoms with E-state index >= 15 is 0 Å². The van der Waals surface area contributed by atoms with Crippen LogP contribution in [0.1, 0.15) is 30.7 Å². The maximum Gasteiger partial charge on any atom is 0.149 e. The third-order valence-electron chi connectivity index (χ3n) is 3.58. The summed E-state index contributed by atoms with van der Waals surface area (Å²) in [7, 11) is 0. The van der Waals surface area contributed by atoms with Crippen LogP contribution in [-0.4, -0.2) is 15.3 Å². The number of hydrogen-bond acceptors (Lipinski definition) is 4. The summed E-state index contributed by atoms with van der Waals surface area (Å²) in [6, 6.07) is 9.10. The van der Waals surface area contributed by atoms with Crippen LogP contribution < -0.4 is 5.73 Å². The Balaban J connectivity index is 2.05. The van der Waals surface area contributed by atoms with Gasteiger partial charge < -0.3 is 10.8 Å². The van der Waals surface area contributed by atoms with E-state index in [1.807, 2.05) is 18.2 Å². The molecule has 2 aromatic rings. The average Bonchev–Trinajstić information content (AvgIpc) is 2.31. The van der Waals surface area contributed by atoms with Gasteiger partial charge in [-0.1, -0.05) is 18.6 Å². The average molecular weight is 241 g/mol. The molecular formula is C14H15N3O. The zero-order valence-corrected chi connectivity index (χ0v) is 10.0. The molecule has 0 aliphatic heterocycles. The zero-order valence-electron chi connectivity index (χ0n) is 10.0. The lowest BCUT2D eigenvalue weighted by Gasteiger charge is -2.26. The molecule has 0 saturated heterocycles. The van der Waals surface area contributed by atoms with Crippen LogP contribution in [0.3, 0.4) is 0 Å². The lowest BCUT2D eigenvalue weighted by molar-refractivity contribution is 0.419. The Morgan fingerprint density at radius 1 is 1.17 bits per heavy atom. The Bertz CT molecular complexity index is 579. The number of nitrogens with zero attached hydrogens (tertiary/aromatic N) is 2. The third-order valence-corrected chi connectivity index (χ3v) is 3.58. The summed E-state index contributed by atoms with van der Waals surface area (Å²) in [6.07, 6.45) is 3.57. The molecule has 0 atom stereocenters. The van der Waals surface area contributed by atoms with Gasteiger partial charge >= 0.3 is 0 Å². The number of benzene rings is 1. The Labute approximate surface area is 105 Å². The van der Waals surface area contributed by atoms with Gasteiger partial charge in [-0.3, -0.25) is 0 Å². The van der Waals surface area contributed by atoms with E-state index in [1.54, 1.807) is 12.1 Å². The maximum atomic E-state index is 9.83. The minimum atomic E-state index is 0.219. The fourth-order valence-electron chi connectivity index (χ4n) is 2.28. The van der Waals surface area contributed by atoms with Crippen molar-refractivity contribution in [2.75, 3.05) is 5.73 Å². The first-order valence-electron chi connectivity index (χ1n) is 6.17. The molecule has 1 aromatic heterocycles. The molecule has 18 heavy (non-hydrogen) atoms. The third kappa shape index (κ3) is 1.79. The van der Waals surface area contributed by atoms with Gasteiger partial charge in [0.15, 0.2) is 0 Å². The molecule has 0 radical (unpaired) electrons. The number of aromatic hydroxyl groups is 1. The number of nitrogen functional groups attached to an aromatic ring is 1. The van der Waals surface area contributed by atoms with E-state index in [4.69, 9.17) is 5.73 Å². The lowest BCUT2D eigenvalue weighted by Crippen LogP contribution is -2.13. The SMILES string of the molecule is Nc1nnc(-c2ccccc2O)cc1C1CCC1. The van der Waals surface area contributed by atoms with Crippen molar-refractivity contribution in [3.05, 3.63) is 35.9 Å². The number of phenolic OH excluding ortho intramolecular Hbond substituents is 1. The predicted octanol–water partition coefficient (Wildman–Crippen LogP) is 2.70. The molecule has 4 nitrogen and oxygen atoms in total. The van der Waals surface area contributed by atoms with Crippen LogP contribution >= 0.6 is 0 Å². The number of aromatic nitrogens is 2. The van der Waals surface area contributed by atoms with E-state index in [2.05, 4.69) is 10.2 Å². The Kier molecular flexibility index (Phi) is 2.63. The molecule has 4 heteroatoms. The number of para-hydroxylation sites is 1. The first-order chi connectivity index (χ1) is 8.75. The monoisotopic (exact) mass is 241 g/mol. The smallest absolute Gasteiger partial charge is 0.149 e. The molecule has 3 rings (SSSR count). The standard InChI is InChI=1S/C14H15N3O/c15-14-11(9-4-3-5-9)8-12(16-17-14)10-6-1-2-7-13(10)18/h1-2,6-9,18H,3-5H2,(H2,15,17). The topological polar surface area (TPSA) is 72.0 Å². The summed E-state index contributed by atoms with van der Waals surface area (Å²) in [5, 5.41) is 17.9. The highest BCUT2D eigenvalue weighted by Crippen LogP contribution is 2.39. The van der Waals surface area contributed by atoms with Gasteiger partial charge in [0, 0.05) is 11.1 Å². The van der Waals surface area contributed by atoms with E-state index in [1.165, 1.54) is 6.42 Å². The van der Waals surface area contributed by atoms with Crippen LogP contribution in [0.2, 0.25) is 0 Å². The van der Waals surface area contributed by atoms with E-state index in [0.717, 1.165) is 18.4 Å². The first kappa shape index (κ1) is 11.0. The highest BCUT2D eigenvalue weighted by atomic mass is 16.3. The quantitative estimate of drug-likeness (QED) is 0.848. The molecule has 1 aliphatic rings. The Morgan fingerprint density at radius 2 is 1.94 bits per heavy atom. The molecule has 0 unspecified atom stereocenters. The van der Waals surface area contributed by atoms with Gasteiger partial charge in [0.05, 0.1) is 5.69 Å². The fourth-order valence-corrected chi connectivity index (χ4v) is 2.28. The second-order valence-electron chi connectivity index (χ2n) is 4.72. The summed E-state index contributed by atoms with van der Waals surface area (Å²) in [4.78, 5) is 0. The van der Waals surface area contributed by atoms with Gasteiger partial charge in [-0.15, -0.1) is 10.2 Å². The van der Waals surface area contributed by atoms with E-state index in [-0.39, 0.29) is 5.75 Å². The van der Waals surface area contributed by atoms with Crippen molar-refractivity contribution < 1.29 is 5.11 Å². The minimum absolute atomic E-state index is 0.219. The number of hydrogen-bond donors (Lipinski definition) is 2. The molecule has 1 aliphatic carbocycles. The van der Waals surface area contributed by atoms with Crippen LogP contribution in [0.4, 0.5) is 5.82 Å². The van der Waals surface area contributed by atoms with Gasteiger partial charge in [0.1, 0.15) is 11.6 Å². The van der Waals surface area contributed by atoms with Gasteiger partial charge in [-0.05, 0) is 37.0 Å². The number of nitrogens with two attached hydrogens (primary N) is 1. The first-order valence-corrected chi connectivity index (χ1v) is 6.17. The highest BCUT2D eigenvalue weighted by Gasteiger charge is 2.23. The van der Waals surface area contributed by atoms with Crippen LogP contribution in [0.15, 0.2) is 30.3 Å². The molecule has 1 saturated carbocycles. The highest BCUT2D eigenvalue weighted by molar-refractivity contribution is 5.68. The van der Waals surface area contributed by atoms with Gasteiger partial charge in [-0.25, -0.2) is 0 Å². The second kappa shape index (κ2) is 4.29. The Morgan fingerprint density at radius 3 is 2.61 bits per heavy atom. The summed E-state index contributed by atoms with van der Waals surface area (Å²) in [6.45, 7) is 0. The molecule has 0 amide bonds. The molecule has 3 N–H and O–H groups in total. The van der Waals surface area contributed by atoms with Crippen molar-refractivity contribution in [3.63, 3.8) is 0 Å². The Hall–Kier alpha value is -2.10. The molecule has 0 spiro atoms. The van der Waals surface area contributed by atoms with Crippen molar-refractivity contribution in [2.45, 2.75) is 25.2 Å². The molecule has 1 heterocycles. The van der Waals surface area contributed by atoms with E-state index < -0.39 is 0 Å². The molecule has 0 bridgehead atoms. The van der Waals surface area contributed by atoms with Gasteiger partial charge in [-0.2, -0.15) is 0 Å². The molecule has 1 aromatic carbocycles. The van der Waals surface area contributed by atoms with Gasteiger partial charge in [0.2, 0.25) is 0 Å². The van der Waals surface area contributed by atoms with E-state index in [9.17, 15) is 5.11 Å². The van der Waals surface area contributed by atoms with Crippen molar-refractivity contribution in [3.8, 4) is 17.0 Å². The normalized spacial score (nSPS) is 15.3. The summed E-state index contributed by atoms with van der Waals surface area (Å²) in [5.74, 6) is 1.24. The second-order valence-corrected chi connectivity index (χ2v) is 4.72. The van der Waals surface area contributed by atoms with Crippen molar-refractivity contribution >= 4 is 5.82 Å². The fraction of sp³-hybridized carbons (Fsp3) is 0.286. The molecule has 1 fully saturated rings. The van der Waals surface area contributed by atoms with Crippen LogP contribution in [-0.2, 0) is 0 Å². The number of rotatable bonds is 2. The predicted molar refractivity (Wildman–Crippen MR) is 70.1 cm³/mol. The van der Waals surface area contributed by atoms with E-state index in [0.29, 0.717) is 23.0 Å². The summed E-state index contributed by atoms with van der Waals surface area (Å²) in [5.41, 5.74) is 8.33. The summed E-state index contributed by atoms with van der Waals surface area (Å²) >= 11 is 0. The largest absolute Gasteiger partial charge is 0.507 e. The summed E-state index contributed by atoms with van der Waals surface area (Å²) < 4.78 is 0. The zero-order chi connectivity index (χ0) is 12.5. The van der Waals surface area contributed by atoms with Crippen molar-refractivity contribution in [1.29, 1.82) is 0 Å². The minimum Gasteiger partial charge on any atom is -0.507 e. The van der Waals surface area contributed by atoms with Crippen LogP contribution in [0.25, 0.3) is 11.3 Å². The molecular weight excluding hydrogens is 226 g/mol. The van der Waals surface area contributed by atoms with Gasteiger partial charge in [0.25, 0.3) is 0 Å².